The standard InChI is InChI=1S/C22H21ClN2O4/c23-17-9-7-15(8-10-17)5-6-16-11-13-24(14-12-16)22(28)29-25-20(26)18-3-1-2-4-19(18)21(25)27/h1-4,7-10,16H,5-6,11-14H2. The molecular weight excluding hydrogens is 392 g/mol. The third kappa shape index (κ3) is 4.12. The Hall–Kier alpha value is -2.86. The van der Waals surface area contributed by atoms with E-state index in [-0.39, 0.29) is 11.1 Å². The van der Waals surface area contributed by atoms with E-state index in [0.717, 1.165) is 30.7 Å². The molecule has 29 heavy (non-hydrogen) atoms. The van der Waals surface area contributed by atoms with Gasteiger partial charge in [-0.05, 0) is 61.4 Å². The van der Waals surface area contributed by atoms with Crippen molar-refractivity contribution in [2.75, 3.05) is 13.1 Å². The lowest BCUT2D eigenvalue weighted by Crippen LogP contribution is -2.43. The van der Waals surface area contributed by atoms with Crippen molar-refractivity contribution in [2.45, 2.75) is 25.7 Å². The van der Waals surface area contributed by atoms with Crippen LogP contribution in [0.15, 0.2) is 48.5 Å². The number of hydrogen-bond donors (Lipinski definition) is 0. The molecule has 1 saturated heterocycles. The number of imide groups is 1. The summed E-state index contributed by atoms with van der Waals surface area (Å²) < 4.78 is 0. The highest BCUT2D eigenvalue weighted by Crippen LogP contribution is 2.26. The monoisotopic (exact) mass is 412 g/mol. The zero-order valence-electron chi connectivity index (χ0n) is 15.8. The molecule has 2 heterocycles. The fourth-order valence-electron chi connectivity index (χ4n) is 3.81. The number of aryl methyl sites for hydroxylation is 1. The number of nitrogens with zero attached hydrogens (tertiary/aromatic N) is 2. The number of fused-ring (bicyclic) bond motifs is 1. The molecule has 2 aliphatic rings. The summed E-state index contributed by atoms with van der Waals surface area (Å²) in [5.41, 5.74) is 1.76. The largest absolute Gasteiger partial charge is 0.434 e. The van der Waals surface area contributed by atoms with Crippen LogP contribution in [0.5, 0.6) is 0 Å². The van der Waals surface area contributed by atoms with Crippen LogP contribution in [0.4, 0.5) is 4.79 Å². The molecule has 0 N–H and O–H groups in total. The minimum Gasteiger partial charge on any atom is -0.310 e. The second-order valence-electron chi connectivity index (χ2n) is 7.40. The minimum atomic E-state index is -0.657. The number of hydrogen-bond acceptors (Lipinski definition) is 4. The first-order valence-electron chi connectivity index (χ1n) is 9.72. The third-order valence-corrected chi connectivity index (χ3v) is 5.81. The molecule has 0 aliphatic carbocycles. The van der Waals surface area contributed by atoms with E-state index in [1.165, 1.54) is 5.56 Å². The molecule has 2 aliphatic heterocycles. The van der Waals surface area contributed by atoms with Crippen LogP contribution in [0, 0.1) is 5.92 Å². The van der Waals surface area contributed by atoms with Gasteiger partial charge in [0, 0.05) is 18.1 Å². The molecule has 150 valence electrons. The average molecular weight is 413 g/mol. The van der Waals surface area contributed by atoms with Crippen molar-refractivity contribution < 1.29 is 19.2 Å². The van der Waals surface area contributed by atoms with Crippen molar-refractivity contribution in [2.24, 2.45) is 5.92 Å². The second kappa shape index (κ2) is 8.25. The second-order valence-corrected chi connectivity index (χ2v) is 7.84. The first kappa shape index (κ1) is 19.5. The number of amides is 3. The Kier molecular flexibility index (Phi) is 5.53. The fraction of sp³-hybridized carbons (Fsp3) is 0.318. The Balaban J connectivity index is 1.27. The van der Waals surface area contributed by atoms with Crippen molar-refractivity contribution in [3.8, 4) is 0 Å². The summed E-state index contributed by atoms with van der Waals surface area (Å²) in [6.07, 6.45) is 3.09. The summed E-state index contributed by atoms with van der Waals surface area (Å²) >= 11 is 5.92. The van der Waals surface area contributed by atoms with Gasteiger partial charge < -0.3 is 9.74 Å². The molecule has 0 aromatic heterocycles. The number of halogens is 1. The van der Waals surface area contributed by atoms with Gasteiger partial charge in [-0.15, -0.1) is 0 Å². The van der Waals surface area contributed by atoms with Crippen molar-refractivity contribution >= 4 is 29.5 Å². The first-order chi connectivity index (χ1) is 14.0. The van der Waals surface area contributed by atoms with Crippen molar-refractivity contribution in [1.29, 1.82) is 0 Å². The number of piperidine rings is 1. The molecule has 6 nitrogen and oxygen atoms in total. The highest BCUT2D eigenvalue weighted by atomic mass is 35.5. The Labute approximate surface area is 174 Å². The molecule has 7 heteroatoms. The Morgan fingerprint density at radius 2 is 1.55 bits per heavy atom. The lowest BCUT2D eigenvalue weighted by molar-refractivity contribution is -0.0595. The number of hydroxylamine groups is 2. The van der Waals surface area contributed by atoms with Crippen LogP contribution < -0.4 is 0 Å². The van der Waals surface area contributed by atoms with Crippen LogP contribution in [0.2, 0.25) is 5.02 Å². The Bertz CT molecular complexity index is 901. The van der Waals surface area contributed by atoms with Crippen molar-refractivity contribution in [3.63, 3.8) is 0 Å². The van der Waals surface area contributed by atoms with E-state index in [1.54, 1.807) is 29.2 Å². The predicted octanol–water partition coefficient (Wildman–Crippen LogP) is 4.33. The summed E-state index contributed by atoms with van der Waals surface area (Å²) in [6, 6.07) is 14.3. The van der Waals surface area contributed by atoms with Gasteiger partial charge in [0.05, 0.1) is 11.1 Å². The Morgan fingerprint density at radius 1 is 0.966 bits per heavy atom. The van der Waals surface area contributed by atoms with Crippen LogP contribution in [0.3, 0.4) is 0 Å². The van der Waals surface area contributed by atoms with E-state index in [4.69, 9.17) is 16.4 Å². The topological polar surface area (TPSA) is 66.9 Å². The highest BCUT2D eigenvalue weighted by molar-refractivity contribution is 6.30. The average Bonchev–Trinajstić information content (AvgIpc) is 2.99. The molecule has 0 spiro atoms. The van der Waals surface area contributed by atoms with E-state index in [1.807, 2.05) is 24.3 Å². The molecule has 2 aromatic carbocycles. The fourth-order valence-corrected chi connectivity index (χ4v) is 3.94. The van der Waals surface area contributed by atoms with Crippen molar-refractivity contribution in [1.82, 2.24) is 9.96 Å². The number of carbonyl (C=O) groups is 3. The smallest absolute Gasteiger partial charge is 0.310 e. The molecule has 0 unspecified atom stereocenters. The van der Waals surface area contributed by atoms with Gasteiger partial charge in [0.2, 0.25) is 0 Å². The van der Waals surface area contributed by atoms with E-state index in [9.17, 15) is 14.4 Å². The molecule has 3 amide bonds. The molecule has 0 bridgehead atoms. The van der Waals surface area contributed by atoms with Gasteiger partial charge in [-0.1, -0.05) is 40.9 Å². The summed E-state index contributed by atoms with van der Waals surface area (Å²) in [7, 11) is 0. The van der Waals surface area contributed by atoms with Gasteiger partial charge in [-0.3, -0.25) is 9.59 Å². The maximum absolute atomic E-state index is 12.5. The van der Waals surface area contributed by atoms with Crippen molar-refractivity contribution in [3.05, 3.63) is 70.2 Å². The minimum absolute atomic E-state index is 0.256. The predicted molar refractivity (Wildman–Crippen MR) is 107 cm³/mol. The summed E-state index contributed by atoms with van der Waals surface area (Å²) in [5, 5.41) is 1.30. The molecule has 0 saturated carbocycles. The Morgan fingerprint density at radius 3 is 2.14 bits per heavy atom. The molecule has 2 aromatic rings. The molecule has 0 atom stereocenters. The van der Waals surface area contributed by atoms with E-state index in [2.05, 4.69) is 0 Å². The normalized spacial score (nSPS) is 16.9. The molecular formula is C22H21ClN2O4. The zero-order valence-corrected chi connectivity index (χ0v) is 16.6. The third-order valence-electron chi connectivity index (χ3n) is 5.55. The quantitative estimate of drug-likeness (QED) is 0.701. The molecule has 4 rings (SSSR count). The van der Waals surface area contributed by atoms with Crippen LogP contribution >= 0.6 is 11.6 Å². The molecule has 1 fully saturated rings. The van der Waals surface area contributed by atoms with E-state index >= 15 is 0 Å². The number of likely N-dealkylation sites (tertiary alicyclic amines) is 1. The summed E-state index contributed by atoms with van der Waals surface area (Å²) in [4.78, 5) is 43.8. The first-order valence-corrected chi connectivity index (χ1v) is 10.1. The molecule has 0 radical (unpaired) electrons. The lowest BCUT2D eigenvalue weighted by atomic mass is 9.91. The van der Waals surface area contributed by atoms with Gasteiger partial charge in [0.15, 0.2) is 0 Å². The lowest BCUT2D eigenvalue weighted by Gasteiger charge is -2.31. The van der Waals surface area contributed by atoms with Crippen LogP contribution in [-0.2, 0) is 11.3 Å². The van der Waals surface area contributed by atoms with Gasteiger partial charge >= 0.3 is 6.09 Å². The number of benzene rings is 2. The summed E-state index contributed by atoms with van der Waals surface area (Å²) in [6.45, 7) is 1.10. The highest BCUT2D eigenvalue weighted by Gasteiger charge is 2.39. The van der Waals surface area contributed by atoms with Gasteiger partial charge in [0.25, 0.3) is 11.8 Å². The SMILES string of the molecule is O=C(ON1C(=O)c2ccccc2C1=O)N1CCC(CCc2ccc(Cl)cc2)CC1. The van der Waals surface area contributed by atoms with Gasteiger partial charge in [0.1, 0.15) is 0 Å². The van der Waals surface area contributed by atoms with Gasteiger partial charge in [-0.25, -0.2) is 4.79 Å². The van der Waals surface area contributed by atoms with Crippen LogP contribution in [0.1, 0.15) is 45.5 Å². The van der Waals surface area contributed by atoms with Crippen LogP contribution in [-0.4, -0.2) is 41.0 Å². The number of rotatable bonds is 4. The van der Waals surface area contributed by atoms with E-state index < -0.39 is 17.9 Å². The maximum Gasteiger partial charge on any atom is 0.434 e. The zero-order chi connectivity index (χ0) is 20.4. The summed E-state index contributed by atoms with van der Waals surface area (Å²) in [5.74, 6) is -0.678. The van der Waals surface area contributed by atoms with E-state index in [0.29, 0.717) is 24.1 Å². The number of carbonyl (C=O) groups excluding carboxylic acids is 3. The van der Waals surface area contributed by atoms with Gasteiger partial charge in [-0.2, -0.15) is 0 Å². The maximum atomic E-state index is 12.5. The van der Waals surface area contributed by atoms with Crippen LogP contribution in [0.25, 0.3) is 0 Å².